The van der Waals surface area contributed by atoms with Crippen molar-refractivity contribution < 1.29 is 29.0 Å². The zero-order valence-electron chi connectivity index (χ0n) is 22.2. The van der Waals surface area contributed by atoms with Gasteiger partial charge in [0.2, 0.25) is 5.91 Å². The lowest BCUT2D eigenvalue weighted by molar-refractivity contribution is -0.153. The largest absolute Gasteiger partial charge is 0.497 e. The molecule has 2 bridgehead atoms. The molecule has 4 rings (SSSR count). The Hall–Kier alpha value is -2.78. The van der Waals surface area contributed by atoms with Crippen LogP contribution in [0, 0.1) is 17.8 Å². The fourth-order valence-electron chi connectivity index (χ4n) is 6.48. The molecule has 3 saturated heterocycles. The molecule has 8 nitrogen and oxygen atoms in total. The van der Waals surface area contributed by atoms with Gasteiger partial charge in [0.1, 0.15) is 18.4 Å². The lowest BCUT2D eigenvalue weighted by Gasteiger charge is -2.40. The van der Waals surface area contributed by atoms with E-state index in [0.29, 0.717) is 30.8 Å². The van der Waals surface area contributed by atoms with E-state index in [1.807, 2.05) is 12.1 Å². The summed E-state index contributed by atoms with van der Waals surface area (Å²) >= 11 is 1.63. The summed E-state index contributed by atoms with van der Waals surface area (Å²) in [4.78, 5) is 45.2. The van der Waals surface area contributed by atoms with Gasteiger partial charge >= 0.3 is 5.97 Å². The van der Waals surface area contributed by atoms with Gasteiger partial charge in [-0.05, 0) is 55.9 Å². The second-order valence-corrected chi connectivity index (χ2v) is 11.8. The van der Waals surface area contributed by atoms with Gasteiger partial charge in [-0.15, -0.1) is 18.3 Å². The number of carbonyl (C=O) groups excluding carboxylic acids is 3. The number of unbranched alkanes of at least 4 members (excludes halogenated alkanes) is 2. The number of thioether (sulfide) groups is 1. The maximum Gasteiger partial charge on any atom is 0.311 e. The van der Waals surface area contributed by atoms with Crippen LogP contribution in [0.25, 0.3) is 0 Å². The van der Waals surface area contributed by atoms with E-state index in [-0.39, 0.29) is 48.7 Å². The average molecular weight is 543 g/mol. The van der Waals surface area contributed by atoms with Crippen LogP contribution >= 0.6 is 11.8 Å². The summed E-state index contributed by atoms with van der Waals surface area (Å²) in [5.74, 6) is -1.17. The number of methoxy groups -OCH3 is 1. The smallest absolute Gasteiger partial charge is 0.311 e. The van der Waals surface area contributed by atoms with Crippen LogP contribution in [0.3, 0.4) is 0 Å². The van der Waals surface area contributed by atoms with Gasteiger partial charge in [0.15, 0.2) is 0 Å². The summed E-state index contributed by atoms with van der Waals surface area (Å²) in [5.41, 5.74) is 0.690. The molecule has 9 heteroatoms. The van der Waals surface area contributed by atoms with Gasteiger partial charge in [0, 0.05) is 30.6 Å². The molecule has 0 radical (unpaired) electrons. The first kappa shape index (κ1) is 28.2. The number of esters is 1. The molecule has 1 N–H and O–H groups in total. The van der Waals surface area contributed by atoms with E-state index in [0.717, 1.165) is 12.8 Å². The van der Waals surface area contributed by atoms with Gasteiger partial charge in [0.25, 0.3) is 5.91 Å². The fraction of sp³-hybridized carbons (Fsp3) is 0.552. The number of aliphatic hydroxyl groups excluding tert-OH is 1. The standard InChI is InChI=1S/C29H38N2O6S/c1-5-14-30(20-10-12-21(36-4)13-11-20)27(34)25-29-19(3)18-22(38-29)23(28(35)37-17-6-2)24(29)26(33)31(25)15-8-7-9-16-32/h5-6,10-13,19,22-25,32H,1-2,7-9,14-18H2,3-4H3/t19?,22-,23+,24-,25?,29?/m0/s1. The number of ether oxygens (including phenoxy) is 2. The molecule has 2 amide bonds. The molecule has 3 aliphatic heterocycles. The maximum absolute atomic E-state index is 14.5. The van der Waals surface area contributed by atoms with E-state index in [1.54, 1.807) is 46.9 Å². The van der Waals surface area contributed by atoms with Gasteiger partial charge < -0.3 is 24.4 Å². The molecular formula is C29H38N2O6S. The summed E-state index contributed by atoms with van der Waals surface area (Å²) in [6, 6.07) is 6.54. The number of hydrogen-bond donors (Lipinski definition) is 1. The molecule has 0 saturated carbocycles. The van der Waals surface area contributed by atoms with E-state index < -0.39 is 22.6 Å². The normalized spacial score (nSPS) is 29.2. The minimum Gasteiger partial charge on any atom is -0.497 e. The number of rotatable bonds is 13. The first-order valence-corrected chi connectivity index (χ1v) is 14.2. The Morgan fingerprint density at radius 3 is 2.58 bits per heavy atom. The molecule has 6 atom stereocenters. The van der Waals surface area contributed by atoms with Crippen molar-refractivity contribution in [2.45, 2.75) is 48.6 Å². The molecule has 1 aromatic carbocycles. The van der Waals surface area contributed by atoms with Crippen LogP contribution in [-0.4, -0.2) is 77.2 Å². The lowest BCUT2D eigenvalue weighted by atomic mass is 9.66. The highest BCUT2D eigenvalue weighted by Gasteiger charge is 2.76. The topological polar surface area (TPSA) is 96.4 Å². The molecule has 0 aliphatic carbocycles. The van der Waals surface area contributed by atoms with Gasteiger partial charge in [-0.25, -0.2) is 0 Å². The summed E-state index contributed by atoms with van der Waals surface area (Å²) in [6.07, 6.45) is 5.98. The molecule has 38 heavy (non-hydrogen) atoms. The first-order valence-electron chi connectivity index (χ1n) is 13.3. The maximum atomic E-state index is 14.5. The van der Waals surface area contributed by atoms with Crippen LogP contribution in [0.4, 0.5) is 5.69 Å². The van der Waals surface area contributed by atoms with E-state index in [9.17, 15) is 19.5 Å². The summed E-state index contributed by atoms with van der Waals surface area (Å²) in [5, 5.41) is 9.17. The van der Waals surface area contributed by atoms with Crippen LogP contribution in [0.2, 0.25) is 0 Å². The van der Waals surface area contributed by atoms with Crippen LogP contribution in [0.15, 0.2) is 49.6 Å². The van der Waals surface area contributed by atoms with Crippen molar-refractivity contribution in [3.05, 3.63) is 49.6 Å². The predicted molar refractivity (Wildman–Crippen MR) is 148 cm³/mol. The van der Waals surface area contributed by atoms with Gasteiger partial charge in [-0.2, -0.15) is 0 Å². The third-order valence-corrected chi connectivity index (χ3v) is 10.2. The molecule has 3 heterocycles. The number of hydrogen-bond acceptors (Lipinski definition) is 7. The quantitative estimate of drug-likeness (QED) is 0.232. The third kappa shape index (κ3) is 4.75. The third-order valence-electron chi connectivity index (χ3n) is 8.11. The minimum absolute atomic E-state index is 0.0627. The fourth-order valence-corrected chi connectivity index (χ4v) is 8.88. The molecule has 3 fully saturated rings. The highest BCUT2D eigenvalue weighted by molar-refractivity contribution is 8.02. The Morgan fingerprint density at radius 1 is 1.21 bits per heavy atom. The van der Waals surface area contributed by atoms with Crippen molar-refractivity contribution in [1.82, 2.24) is 4.90 Å². The van der Waals surface area contributed by atoms with Gasteiger partial charge in [0.05, 0.1) is 23.7 Å². The van der Waals surface area contributed by atoms with Crippen molar-refractivity contribution >= 4 is 35.2 Å². The lowest BCUT2D eigenvalue weighted by Crippen LogP contribution is -2.57. The number of likely N-dealkylation sites (tertiary alicyclic amines) is 1. The number of anilines is 1. The minimum atomic E-state index is -0.724. The molecule has 206 valence electrons. The summed E-state index contributed by atoms with van der Waals surface area (Å²) in [7, 11) is 1.59. The first-order chi connectivity index (χ1) is 18.3. The molecule has 0 aromatic heterocycles. The van der Waals surface area contributed by atoms with Crippen molar-refractivity contribution in [3.8, 4) is 5.75 Å². The number of carbonyl (C=O) groups is 3. The Morgan fingerprint density at radius 2 is 1.95 bits per heavy atom. The number of amides is 2. The Kier molecular flexibility index (Phi) is 8.88. The molecule has 3 unspecified atom stereocenters. The van der Waals surface area contributed by atoms with Crippen LogP contribution in [0.5, 0.6) is 5.75 Å². The SMILES string of the molecule is C=CCOC(=O)[C@@H]1[C@@H]2CC(C)C3(S2)C(C(=O)N(CC=C)c2ccc(OC)cc2)N(CCCCCO)C(=O)[C@H]13. The van der Waals surface area contributed by atoms with Crippen LogP contribution < -0.4 is 9.64 Å². The second kappa shape index (κ2) is 11.9. The molecule has 3 aliphatic rings. The van der Waals surface area contributed by atoms with E-state index >= 15 is 0 Å². The second-order valence-electron chi connectivity index (χ2n) is 10.2. The van der Waals surface area contributed by atoms with Crippen LogP contribution in [0.1, 0.15) is 32.6 Å². The van der Waals surface area contributed by atoms with Crippen molar-refractivity contribution in [2.75, 3.05) is 38.3 Å². The number of benzene rings is 1. The van der Waals surface area contributed by atoms with Gasteiger partial charge in [-0.3, -0.25) is 14.4 Å². The zero-order chi connectivity index (χ0) is 27.4. The number of aliphatic hydroxyl groups is 1. The Bertz CT molecular complexity index is 1060. The highest BCUT2D eigenvalue weighted by atomic mass is 32.2. The van der Waals surface area contributed by atoms with Crippen molar-refractivity contribution in [3.63, 3.8) is 0 Å². The average Bonchev–Trinajstić information content (AvgIpc) is 3.51. The monoisotopic (exact) mass is 542 g/mol. The van der Waals surface area contributed by atoms with E-state index in [1.165, 1.54) is 6.08 Å². The molecular weight excluding hydrogens is 504 g/mol. The predicted octanol–water partition coefficient (Wildman–Crippen LogP) is 3.44. The molecule has 1 spiro atoms. The van der Waals surface area contributed by atoms with E-state index in [2.05, 4.69) is 20.1 Å². The zero-order valence-corrected chi connectivity index (χ0v) is 23.0. The van der Waals surface area contributed by atoms with E-state index in [4.69, 9.17) is 9.47 Å². The molecule has 1 aromatic rings. The van der Waals surface area contributed by atoms with Crippen LogP contribution in [-0.2, 0) is 19.1 Å². The Labute approximate surface area is 229 Å². The van der Waals surface area contributed by atoms with Crippen molar-refractivity contribution in [1.29, 1.82) is 0 Å². The summed E-state index contributed by atoms with van der Waals surface area (Å²) < 4.78 is 10.0. The highest BCUT2D eigenvalue weighted by Crippen LogP contribution is 2.68. The number of fused-ring (bicyclic) bond motifs is 1. The summed E-state index contributed by atoms with van der Waals surface area (Å²) in [6.45, 7) is 10.4. The van der Waals surface area contributed by atoms with Gasteiger partial charge in [-0.1, -0.05) is 25.7 Å². The van der Waals surface area contributed by atoms with Crippen molar-refractivity contribution in [2.24, 2.45) is 17.8 Å². The number of nitrogens with zero attached hydrogens (tertiary/aromatic N) is 2. The Balaban J connectivity index is 1.74.